The summed E-state index contributed by atoms with van der Waals surface area (Å²) in [6.45, 7) is 0. The Kier molecular flexibility index (Phi) is 2.28. The van der Waals surface area contributed by atoms with Crippen LogP contribution in [0, 0.1) is 0 Å². The van der Waals surface area contributed by atoms with Crippen molar-refractivity contribution in [3.05, 3.63) is 44.7 Å². The van der Waals surface area contributed by atoms with Crippen molar-refractivity contribution in [2.24, 2.45) is 0 Å². The average molecular weight is 257 g/mol. The molecule has 0 amide bonds. The molecule has 0 saturated carbocycles. The van der Waals surface area contributed by atoms with Gasteiger partial charge in [0.2, 0.25) is 0 Å². The number of rotatable bonds is 1. The zero-order chi connectivity index (χ0) is 9.26. The van der Waals surface area contributed by atoms with Gasteiger partial charge in [-0.1, -0.05) is 6.07 Å². The molecule has 0 fully saturated rings. The van der Waals surface area contributed by atoms with Gasteiger partial charge in [-0.05, 0) is 22.0 Å². The van der Waals surface area contributed by atoms with E-state index in [2.05, 4.69) is 20.9 Å². The lowest BCUT2D eigenvalue weighted by Crippen LogP contribution is -2.15. The summed E-state index contributed by atoms with van der Waals surface area (Å²) >= 11 is 4.66. The maximum absolute atomic E-state index is 11.3. The monoisotopic (exact) mass is 256 g/mol. The quantitative estimate of drug-likeness (QED) is 0.783. The minimum Gasteiger partial charge on any atom is -0.269 e. The summed E-state index contributed by atoms with van der Waals surface area (Å²) in [6, 6.07) is 5.02. The van der Waals surface area contributed by atoms with E-state index >= 15 is 0 Å². The normalized spacial score (nSPS) is 10.2. The van der Waals surface area contributed by atoms with Crippen molar-refractivity contribution in [3.8, 4) is 5.13 Å². The van der Waals surface area contributed by atoms with Gasteiger partial charge in [0.05, 0.1) is 0 Å². The number of hydrogen-bond donors (Lipinski definition) is 0. The topological polar surface area (TPSA) is 34.9 Å². The third-order valence-electron chi connectivity index (χ3n) is 1.49. The second kappa shape index (κ2) is 3.43. The first kappa shape index (κ1) is 8.65. The first-order valence-electron chi connectivity index (χ1n) is 3.56. The molecule has 0 unspecified atom stereocenters. The molecule has 0 atom stereocenters. The zero-order valence-corrected chi connectivity index (χ0v) is 8.88. The van der Waals surface area contributed by atoms with Gasteiger partial charge in [-0.25, -0.2) is 4.98 Å². The molecule has 2 aromatic heterocycles. The second-order valence-corrected chi connectivity index (χ2v) is 4.01. The third kappa shape index (κ3) is 1.71. The van der Waals surface area contributed by atoms with Gasteiger partial charge in [0.1, 0.15) is 4.60 Å². The van der Waals surface area contributed by atoms with Gasteiger partial charge in [0, 0.05) is 17.6 Å². The Balaban J connectivity index is 2.59. The van der Waals surface area contributed by atoms with Gasteiger partial charge >= 0.3 is 0 Å². The first-order chi connectivity index (χ1) is 6.27. The first-order valence-corrected chi connectivity index (χ1v) is 5.24. The summed E-state index contributed by atoms with van der Waals surface area (Å²) in [5.74, 6) is 0. The van der Waals surface area contributed by atoms with Crippen LogP contribution in [0.15, 0.2) is 39.2 Å². The number of thiazole rings is 1. The Morgan fingerprint density at radius 3 is 2.92 bits per heavy atom. The molecule has 13 heavy (non-hydrogen) atoms. The van der Waals surface area contributed by atoms with Crippen LogP contribution in [-0.2, 0) is 0 Å². The van der Waals surface area contributed by atoms with E-state index in [4.69, 9.17) is 0 Å². The molecule has 0 aliphatic heterocycles. The summed E-state index contributed by atoms with van der Waals surface area (Å²) in [5, 5.41) is 2.52. The van der Waals surface area contributed by atoms with Crippen molar-refractivity contribution < 1.29 is 0 Å². The second-order valence-electron chi connectivity index (χ2n) is 2.36. The molecule has 0 aliphatic rings. The van der Waals surface area contributed by atoms with Crippen LogP contribution in [0.5, 0.6) is 0 Å². The van der Waals surface area contributed by atoms with Crippen LogP contribution < -0.4 is 5.56 Å². The van der Waals surface area contributed by atoms with Crippen molar-refractivity contribution in [1.29, 1.82) is 0 Å². The predicted molar refractivity (Wildman–Crippen MR) is 55.4 cm³/mol. The molecule has 0 aromatic carbocycles. The molecule has 2 heterocycles. The number of hydrogen-bond acceptors (Lipinski definition) is 3. The zero-order valence-electron chi connectivity index (χ0n) is 6.48. The van der Waals surface area contributed by atoms with E-state index in [1.165, 1.54) is 22.0 Å². The van der Waals surface area contributed by atoms with E-state index in [1.807, 2.05) is 5.38 Å². The molecule has 0 N–H and O–H groups in total. The molecular weight excluding hydrogens is 252 g/mol. The van der Waals surface area contributed by atoms with Crippen LogP contribution in [0.25, 0.3) is 5.13 Å². The Morgan fingerprint density at radius 2 is 2.31 bits per heavy atom. The van der Waals surface area contributed by atoms with E-state index in [-0.39, 0.29) is 5.56 Å². The third-order valence-corrected chi connectivity index (χ3v) is 3.04. The smallest absolute Gasteiger partial charge is 0.256 e. The maximum atomic E-state index is 11.3. The summed E-state index contributed by atoms with van der Waals surface area (Å²) < 4.78 is 2.26. The molecule has 0 bridgehead atoms. The van der Waals surface area contributed by atoms with Crippen molar-refractivity contribution >= 4 is 27.3 Å². The van der Waals surface area contributed by atoms with Crippen molar-refractivity contribution in [1.82, 2.24) is 9.55 Å². The van der Waals surface area contributed by atoms with Gasteiger partial charge in [0.15, 0.2) is 5.13 Å². The SMILES string of the molecule is O=c1ccccn1-c1nc(Br)cs1. The van der Waals surface area contributed by atoms with Crippen LogP contribution in [0.3, 0.4) is 0 Å². The molecular formula is C8H5BrN2OS. The molecule has 3 nitrogen and oxygen atoms in total. The lowest BCUT2D eigenvalue weighted by Gasteiger charge is -1.97. The summed E-state index contributed by atoms with van der Waals surface area (Å²) in [6.07, 6.45) is 1.70. The lowest BCUT2D eigenvalue weighted by atomic mass is 10.5. The summed E-state index contributed by atoms with van der Waals surface area (Å²) in [4.78, 5) is 15.5. The number of nitrogens with zero attached hydrogens (tertiary/aromatic N) is 2. The summed E-state index contributed by atoms with van der Waals surface area (Å²) in [7, 11) is 0. The Morgan fingerprint density at radius 1 is 1.46 bits per heavy atom. The van der Waals surface area contributed by atoms with Crippen LogP contribution in [0.2, 0.25) is 0 Å². The molecule has 66 valence electrons. The molecule has 0 radical (unpaired) electrons. The molecule has 2 rings (SSSR count). The highest BCUT2D eigenvalue weighted by atomic mass is 79.9. The fourth-order valence-corrected chi connectivity index (χ4v) is 2.18. The van der Waals surface area contributed by atoms with Gasteiger partial charge in [0.25, 0.3) is 5.56 Å². The Bertz CT molecular complexity index is 477. The van der Waals surface area contributed by atoms with Gasteiger partial charge in [-0.3, -0.25) is 9.36 Å². The number of halogens is 1. The van der Waals surface area contributed by atoms with E-state index in [0.29, 0.717) is 5.13 Å². The van der Waals surface area contributed by atoms with E-state index in [0.717, 1.165) is 4.60 Å². The fourth-order valence-electron chi connectivity index (χ4n) is 0.941. The Hall–Kier alpha value is -0.940. The van der Waals surface area contributed by atoms with Crippen molar-refractivity contribution in [3.63, 3.8) is 0 Å². The van der Waals surface area contributed by atoms with Gasteiger partial charge in [-0.15, -0.1) is 11.3 Å². The highest BCUT2D eigenvalue weighted by Gasteiger charge is 2.02. The largest absolute Gasteiger partial charge is 0.269 e. The molecule has 5 heteroatoms. The van der Waals surface area contributed by atoms with Crippen molar-refractivity contribution in [2.45, 2.75) is 0 Å². The molecule has 0 spiro atoms. The molecule has 0 aliphatic carbocycles. The van der Waals surface area contributed by atoms with Gasteiger partial charge < -0.3 is 0 Å². The van der Waals surface area contributed by atoms with Crippen LogP contribution in [-0.4, -0.2) is 9.55 Å². The van der Waals surface area contributed by atoms with E-state index < -0.39 is 0 Å². The minimum absolute atomic E-state index is 0.0654. The standard InChI is InChI=1S/C8H5BrN2OS/c9-6-5-13-8(10-6)11-4-2-1-3-7(11)12/h1-5H. The summed E-state index contributed by atoms with van der Waals surface area (Å²) in [5.41, 5.74) is -0.0654. The van der Waals surface area contributed by atoms with Gasteiger partial charge in [-0.2, -0.15) is 0 Å². The molecule has 2 aromatic rings. The predicted octanol–water partition coefficient (Wildman–Crippen LogP) is 2.06. The fraction of sp³-hybridized carbons (Fsp3) is 0. The van der Waals surface area contributed by atoms with E-state index in [9.17, 15) is 4.79 Å². The molecule has 0 saturated heterocycles. The maximum Gasteiger partial charge on any atom is 0.256 e. The minimum atomic E-state index is -0.0654. The van der Waals surface area contributed by atoms with Crippen LogP contribution in [0.1, 0.15) is 0 Å². The Labute approximate surface area is 86.8 Å². The van der Waals surface area contributed by atoms with Crippen LogP contribution in [0.4, 0.5) is 0 Å². The highest BCUT2D eigenvalue weighted by molar-refractivity contribution is 9.10. The average Bonchev–Trinajstić information content (AvgIpc) is 2.53. The highest BCUT2D eigenvalue weighted by Crippen LogP contribution is 2.16. The number of pyridine rings is 1. The van der Waals surface area contributed by atoms with E-state index in [1.54, 1.807) is 18.3 Å². The van der Waals surface area contributed by atoms with Crippen molar-refractivity contribution in [2.75, 3.05) is 0 Å². The van der Waals surface area contributed by atoms with Crippen LogP contribution >= 0.6 is 27.3 Å². The number of aromatic nitrogens is 2. The lowest BCUT2D eigenvalue weighted by molar-refractivity contribution is 0.968.